The summed E-state index contributed by atoms with van der Waals surface area (Å²) in [6.45, 7) is 1.51. The molecule has 0 saturated heterocycles. The van der Waals surface area contributed by atoms with Gasteiger partial charge in [-0.15, -0.1) is 0 Å². The van der Waals surface area contributed by atoms with Crippen molar-refractivity contribution in [2.45, 2.75) is 18.9 Å². The maximum absolute atomic E-state index is 12.8. The monoisotopic (exact) mass is 422 g/mol. The Labute approximate surface area is 160 Å². The molecule has 2 N–H and O–H groups in total. The third kappa shape index (κ3) is 5.11. The van der Waals surface area contributed by atoms with Crippen molar-refractivity contribution in [1.29, 1.82) is 0 Å². The third-order valence-electron chi connectivity index (χ3n) is 4.01. The van der Waals surface area contributed by atoms with E-state index in [-0.39, 0.29) is 17.9 Å². The number of nitrogens with one attached hydrogen (secondary N) is 2. The Hall–Kier alpha value is -2.28. The molecule has 26 heavy (non-hydrogen) atoms. The molecule has 0 saturated carbocycles. The average molecular weight is 423 g/mol. The number of carbonyl (C=O) groups excluding carboxylic acids is 1. The number of rotatable bonds is 6. The van der Waals surface area contributed by atoms with Crippen LogP contribution in [0.4, 0.5) is 9.18 Å². The molecule has 138 valence electrons. The van der Waals surface area contributed by atoms with Crippen LogP contribution in [0.25, 0.3) is 0 Å². The number of carbonyl (C=O) groups is 1. The molecule has 1 unspecified atom stereocenters. The van der Waals surface area contributed by atoms with E-state index in [4.69, 9.17) is 9.47 Å². The third-order valence-corrected chi connectivity index (χ3v) is 4.50. The van der Waals surface area contributed by atoms with Crippen molar-refractivity contribution >= 4 is 22.0 Å². The zero-order valence-electron chi connectivity index (χ0n) is 14.1. The van der Waals surface area contributed by atoms with Crippen LogP contribution in [-0.4, -0.2) is 25.8 Å². The fraction of sp³-hybridized carbons (Fsp3) is 0.316. The quantitative estimate of drug-likeness (QED) is 0.686. The number of benzene rings is 2. The van der Waals surface area contributed by atoms with Crippen LogP contribution in [0.15, 0.2) is 46.9 Å². The minimum Gasteiger partial charge on any atom is -0.494 e. The largest absolute Gasteiger partial charge is 0.494 e. The Morgan fingerprint density at radius 2 is 2.08 bits per heavy atom. The predicted molar refractivity (Wildman–Crippen MR) is 100 cm³/mol. The Kier molecular flexibility index (Phi) is 6.33. The van der Waals surface area contributed by atoms with Crippen LogP contribution in [0.3, 0.4) is 0 Å². The van der Waals surface area contributed by atoms with E-state index >= 15 is 0 Å². The highest BCUT2D eigenvalue weighted by Gasteiger charge is 2.23. The first kappa shape index (κ1) is 18.5. The number of amides is 2. The number of fused-ring (bicyclic) bond motifs is 1. The predicted octanol–water partition coefficient (Wildman–Crippen LogP) is 4.18. The van der Waals surface area contributed by atoms with Gasteiger partial charge >= 0.3 is 6.03 Å². The van der Waals surface area contributed by atoms with E-state index in [1.807, 2.05) is 18.2 Å². The molecule has 1 aliphatic rings. The molecule has 0 spiro atoms. The van der Waals surface area contributed by atoms with Crippen LogP contribution in [-0.2, 0) is 0 Å². The zero-order chi connectivity index (χ0) is 18.4. The van der Waals surface area contributed by atoms with Crippen LogP contribution >= 0.6 is 15.9 Å². The van der Waals surface area contributed by atoms with E-state index in [0.717, 1.165) is 22.2 Å². The van der Waals surface area contributed by atoms with Crippen molar-refractivity contribution in [2.75, 3.05) is 19.8 Å². The van der Waals surface area contributed by atoms with Crippen LogP contribution < -0.4 is 20.1 Å². The number of urea groups is 1. The average Bonchev–Trinajstić information content (AvgIpc) is 2.63. The fourth-order valence-electron chi connectivity index (χ4n) is 2.72. The van der Waals surface area contributed by atoms with Crippen LogP contribution in [0, 0.1) is 5.82 Å². The zero-order valence-corrected chi connectivity index (χ0v) is 15.7. The van der Waals surface area contributed by atoms with Crippen molar-refractivity contribution < 1.29 is 18.7 Å². The SMILES string of the molecule is O=C(NCCCOc1ccc(F)cc1)NC1CCOc2ccc(Br)cc21. The highest BCUT2D eigenvalue weighted by Crippen LogP contribution is 2.33. The number of hydrogen-bond donors (Lipinski definition) is 2. The van der Waals surface area contributed by atoms with Gasteiger partial charge in [-0.2, -0.15) is 0 Å². The lowest BCUT2D eigenvalue weighted by molar-refractivity contribution is 0.222. The van der Waals surface area contributed by atoms with E-state index in [1.54, 1.807) is 12.1 Å². The summed E-state index contributed by atoms with van der Waals surface area (Å²) in [7, 11) is 0. The summed E-state index contributed by atoms with van der Waals surface area (Å²) in [6.07, 6.45) is 1.38. The lowest BCUT2D eigenvalue weighted by Gasteiger charge is -2.27. The molecule has 3 rings (SSSR count). The summed E-state index contributed by atoms with van der Waals surface area (Å²) < 4.78 is 24.9. The van der Waals surface area contributed by atoms with Gasteiger partial charge in [0, 0.05) is 23.0 Å². The summed E-state index contributed by atoms with van der Waals surface area (Å²) >= 11 is 3.45. The number of hydrogen-bond acceptors (Lipinski definition) is 3. The van der Waals surface area contributed by atoms with Gasteiger partial charge in [0.25, 0.3) is 0 Å². The first-order chi connectivity index (χ1) is 12.6. The molecular weight excluding hydrogens is 403 g/mol. The molecule has 0 fully saturated rings. The number of halogens is 2. The van der Waals surface area contributed by atoms with E-state index < -0.39 is 0 Å². The minimum atomic E-state index is -0.294. The first-order valence-corrected chi connectivity index (χ1v) is 9.26. The molecule has 5 nitrogen and oxygen atoms in total. The van der Waals surface area contributed by atoms with Crippen molar-refractivity contribution in [3.05, 3.63) is 58.3 Å². The molecule has 7 heteroatoms. The normalized spacial score (nSPS) is 15.5. The van der Waals surface area contributed by atoms with E-state index in [1.165, 1.54) is 12.1 Å². The maximum atomic E-state index is 12.8. The molecule has 0 bridgehead atoms. The van der Waals surface area contributed by atoms with Gasteiger partial charge in [0.15, 0.2) is 0 Å². The summed E-state index contributed by atoms with van der Waals surface area (Å²) in [5, 5.41) is 5.81. The van der Waals surface area contributed by atoms with Crippen LogP contribution in [0.1, 0.15) is 24.4 Å². The van der Waals surface area contributed by atoms with E-state index in [0.29, 0.717) is 31.9 Å². The van der Waals surface area contributed by atoms with E-state index in [2.05, 4.69) is 26.6 Å². The molecule has 1 atom stereocenters. The van der Waals surface area contributed by atoms with Crippen molar-refractivity contribution in [2.24, 2.45) is 0 Å². The summed E-state index contributed by atoms with van der Waals surface area (Å²) in [6, 6.07) is 11.4. The van der Waals surface area contributed by atoms with Crippen molar-refractivity contribution in [3.8, 4) is 11.5 Å². The molecular formula is C19H20BrFN2O3. The van der Waals surface area contributed by atoms with Gasteiger partial charge < -0.3 is 20.1 Å². The minimum absolute atomic E-state index is 0.0771. The molecule has 2 aromatic carbocycles. The van der Waals surface area contributed by atoms with Crippen molar-refractivity contribution in [3.63, 3.8) is 0 Å². The molecule has 2 aromatic rings. The highest BCUT2D eigenvalue weighted by molar-refractivity contribution is 9.10. The van der Waals surface area contributed by atoms with E-state index in [9.17, 15) is 9.18 Å². The standard InChI is InChI=1S/C19H20BrFN2O3/c20-13-2-7-18-16(12-13)17(8-11-26-18)23-19(24)22-9-1-10-25-15-5-3-14(21)4-6-15/h2-7,12,17H,1,8-11H2,(H2,22,23,24). The first-order valence-electron chi connectivity index (χ1n) is 8.47. The molecule has 1 heterocycles. The van der Waals surface area contributed by atoms with Crippen LogP contribution in [0.5, 0.6) is 11.5 Å². The summed E-state index contributed by atoms with van der Waals surface area (Å²) in [5.41, 5.74) is 0.973. The van der Waals surface area contributed by atoms with Gasteiger partial charge in [-0.3, -0.25) is 0 Å². The van der Waals surface area contributed by atoms with Gasteiger partial charge in [-0.1, -0.05) is 15.9 Å². The second-order valence-corrected chi connectivity index (χ2v) is 6.84. The Bertz CT molecular complexity index is 755. The van der Waals surface area contributed by atoms with Crippen LogP contribution in [0.2, 0.25) is 0 Å². The molecule has 0 aliphatic carbocycles. The summed E-state index contributed by atoms with van der Waals surface area (Å²) in [4.78, 5) is 12.1. The Morgan fingerprint density at radius 1 is 1.27 bits per heavy atom. The molecule has 0 aromatic heterocycles. The smallest absolute Gasteiger partial charge is 0.315 e. The van der Waals surface area contributed by atoms with Gasteiger partial charge in [-0.05, 0) is 48.9 Å². The van der Waals surface area contributed by atoms with Crippen molar-refractivity contribution in [1.82, 2.24) is 10.6 Å². The lowest BCUT2D eigenvalue weighted by Crippen LogP contribution is -2.40. The second kappa shape index (κ2) is 8.89. The molecule has 1 aliphatic heterocycles. The van der Waals surface area contributed by atoms with Gasteiger partial charge in [-0.25, -0.2) is 9.18 Å². The Balaban J connectivity index is 1.40. The Morgan fingerprint density at radius 3 is 2.88 bits per heavy atom. The van der Waals surface area contributed by atoms with Gasteiger partial charge in [0.1, 0.15) is 17.3 Å². The van der Waals surface area contributed by atoms with Gasteiger partial charge in [0.2, 0.25) is 0 Å². The highest BCUT2D eigenvalue weighted by atomic mass is 79.9. The molecule has 2 amide bonds. The molecule has 0 radical (unpaired) electrons. The number of ether oxygens (including phenoxy) is 2. The lowest BCUT2D eigenvalue weighted by atomic mass is 10.0. The maximum Gasteiger partial charge on any atom is 0.315 e. The summed E-state index contributed by atoms with van der Waals surface area (Å²) in [5.74, 6) is 1.12. The van der Waals surface area contributed by atoms with Gasteiger partial charge in [0.05, 0.1) is 19.3 Å². The topological polar surface area (TPSA) is 59.6 Å². The second-order valence-electron chi connectivity index (χ2n) is 5.93. The fourth-order valence-corrected chi connectivity index (χ4v) is 3.10.